The molecule has 2 fully saturated rings. The van der Waals surface area contributed by atoms with Crippen LogP contribution in [-0.4, -0.2) is 50.4 Å². The Hall–Kier alpha value is -3.96. The van der Waals surface area contributed by atoms with Gasteiger partial charge in [0.25, 0.3) is 5.56 Å². The average molecular weight is 629 g/mol. The highest BCUT2D eigenvalue weighted by atomic mass is 28.4. The van der Waals surface area contributed by atoms with Crippen molar-refractivity contribution in [2.75, 3.05) is 20.8 Å². The summed E-state index contributed by atoms with van der Waals surface area (Å²) in [6, 6.07) is 26.0. The summed E-state index contributed by atoms with van der Waals surface area (Å²) >= 11 is 0. The van der Waals surface area contributed by atoms with Gasteiger partial charge in [-0.1, -0.05) is 61.5 Å². The second-order valence-corrected chi connectivity index (χ2v) is 16.8. The smallest absolute Gasteiger partial charge is 0.330 e. The molecule has 1 unspecified atom stereocenters. The SMILES string of the molecule is COc1ccc(C(OC[C@@]23O[C@@H](n4cc(C)c(=O)[nH]c4=O)C[C@@H]2O[Si](C)(C)C3C)(c2ccccc2)c2ccc(OC)cc2)cc1. The number of rotatable bonds is 9. The molecule has 1 aromatic heterocycles. The van der Waals surface area contributed by atoms with Gasteiger partial charge in [-0.3, -0.25) is 14.3 Å². The highest BCUT2D eigenvalue weighted by Crippen LogP contribution is 2.56. The number of H-pyrrole nitrogens is 1. The molecule has 0 radical (unpaired) electrons. The van der Waals surface area contributed by atoms with Crippen LogP contribution in [-0.2, 0) is 19.5 Å². The second kappa shape index (κ2) is 11.8. The van der Waals surface area contributed by atoms with Gasteiger partial charge >= 0.3 is 5.69 Å². The summed E-state index contributed by atoms with van der Waals surface area (Å²) in [5.41, 5.74) is 0.436. The molecular formula is C35H40N2O7Si. The van der Waals surface area contributed by atoms with Crippen LogP contribution in [0.1, 0.15) is 41.8 Å². The largest absolute Gasteiger partial charge is 0.497 e. The van der Waals surface area contributed by atoms with Crippen molar-refractivity contribution in [1.29, 1.82) is 0 Å². The van der Waals surface area contributed by atoms with Gasteiger partial charge in [-0.15, -0.1) is 0 Å². The maximum atomic E-state index is 12.9. The quantitative estimate of drug-likeness (QED) is 0.192. The third kappa shape index (κ3) is 5.25. The minimum Gasteiger partial charge on any atom is -0.497 e. The molecule has 9 nitrogen and oxygen atoms in total. The zero-order valence-electron chi connectivity index (χ0n) is 26.5. The summed E-state index contributed by atoms with van der Waals surface area (Å²) in [5, 5.41) is 0. The first kappa shape index (κ1) is 31.0. The molecule has 236 valence electrons. The number of ether oxygens (including phenoxy) is 4. The van der Waals surface area contributed by atoms with Crippen molar-refractivity contribution in [3.05, 3.63) is 128 Å². The molecule has 0 amide bonds. The first-order chi connectivity index (χ1) is 21.5. The van der Waals surface area contributed by atoms with E-state index in [4.69, 9.17) is 23.4 Å². The molecule has 6 rings (SSSR count). The third-order valence-electron chi connectivity index (χ3n) is 9.68. The zero-order chi connectivity index (χ0) is 32.0. The average Bonchev–Trinajstić information content (AvgIpc) is 3.49. The van der Waals surface area contributed by atoms with Crippen LogP contribution >= 0.6 is 0 Å². The number of nitrogens with one attached hydrogen (secondary N) is 1. The fourth-order valence-corrected chi connectivity index (χ4v) is 9.61. The van der Waals surface area contributed by atoms with Gasteiger partial charge in [0.15, 0.2) is 8.32 Å². The number of aryl methyl sites for hydroxylation is 1. The van der Waals surface area contributed by atoms with Gasteiger partial charge in [0.1, 0.15) is 28.9 Å². The number of aromatic amines is 1. The lowest BCUT2D eigenvalue weighted by Gasteiger charge is -2.41. The number of aromatic nitrogens is 2. The molecule has 10 heteroatoms. The van der Waals surface area contributed by atoms with E-state index in [0.717, 1.165) is 28.2 Å². The molecule has 2 aliphatic heterocycles. The Morgan fingerprint density at radius 2 is 1.47 bits per heavy atom. The topological polar surface area (TPSA) is 101 Å². The Bertz CT molecular complexity index is 1720. The van der Waals surface area contributed by atoms with E-state index in [0.29, 0.717) is 12.0 Å². The predicted octanol–water partition coefficient (Wildman–Crippen LogP) is 5.52. The lowest BCUT2D eigenvalue weighted by molar-refractivity contribution is -0.147. The standard InChI is InChI=1S/C35H40N2O7Si/c1-23-21-37(33(39)36-32(23)38)31-20-30-34(43-31,24(2)45(5,6)44-30)22-42-35(25-10-8-7-9-11-25,26-12-16-28(40-3)17-13-26)27-14-18-29(41-4)19-15-27/h7-19,21,24,30-31H,20,22H2,1-6H3,(H,36,38,39)/t24?,30-,31+,34-/m0/s1. The maximum Gasteiger partial charge on any atom is 0.330 e. The number of fused-ring (bicyclic) bond motifs is 1. The molecule has 45 heavy (non-hydrogen) atoms. The Balaban J connectivity index is 1.49. The fourth-order valence-electron chi connectivity index (χ4n) is 6.86. The van der Waals surface area contributed by atoms with E-state index >= 15 is 0 Å². The molecule has 3 heterocycles. The van der Waals surface area contributed by atoms with Gasteiger partial charge in [0, 0.05) is 23.7 Å². The van der Waals surface area contributed by atoms with E-state index in [2.05, 4.69) is 37.1 Å². The van der Waals surface area contributed by atoms with Crippen molar-refractivity contribution in [3.63, 3.8) is 0 Å². The van der Waals surface area contributed by atoms with Gasteiger partial charge in [0.05, 0.1) is 26.9 Å². The summed E-state index contributed by atoms with van der Waals surface area (Å²) < 4.78 is 33.5. The Labute approximate surface area is 263 Å². The summed E-state index contributed by atoms with van der Waals surface area (Å²) in [4.78, 5) is 27.5. The van der Waals surface area contributed by atoms with E-state index < -0.39 is 37.0 Å². The van der Waals surface area contributed by atoms with Crippen LogP contribution in [0.2, 0.25) is 18.6 Å². The number of benzene rings is 3. The molecular weight excluding hydrogens is 588 g/mol. The highest BCUT2D eigenvalue weighted by Gasteiger charge is 2.65. The van der Waals surface area contributed by atoms with Crippen molar-refractivity contribution in [3.8, 4) is 11.5 Å². The highest BCUT2D eigenvalue weighted by molar-refractivity contribution is 6.73. The van der Waals surface area contributed by atoms with Crippen LogP contribution in [0.5, 0.6) is 11.5 Å². The van der Waals surface area contributed by atoms with Gasteiger partial charge < -0.3 is 23.4 Å². The third-order valence-corrected chi connectivity index (χ3v) is 13.1. The van der Waals surface area contributed by atoms with E-state index in [1.165, 1.54) is 4.57 Å². The lowest BCUT2D eigenvalue weighted by Crippen LogP contribution is -2.48. The molecule has 1 N–H and O–H groups in total. The van der Waals surface area contributed by atoms with Gasteiger partial charge in [-0.2, -0.15) is 0 Å². The maximum absolute atomic E-state index is 12.9. The van der Waals surface area contributed by atoms with E-state index in [1.807, 2.05) is 66.7 Å². The molecule has 4 aromatic rings. The first-order valence-corrected chi connectivity index (χ1v) is 18.2. The van der Waals surface area contributed by atoms with E-state index in [9.17, 15) is 9.59 Å². The predicted molar refractivity (Wildman–Crippen MR) is 174 cm³/mol. The molecule has 0 spiro atoms. The summed E-state index contributed by atoms with van der Waals surface area (Å²) in [6.45, 7) is 8.43. The van der Waals surface area contributed by atoms with Crippen LogP contribution in [0.25, 0.3) is 0 Å². The van der Waals surface area contributed by atoms with Crippen molar-refractivity contribution < 1.29 is 23.4 Å². The lowest BCUT2D eigenvalue weighted by atomic mass is 9.79. The second-order valence-electron chi connectivity index (χ2n) is 12.5. The van der Waals surface area contributed by atoms with Crippen molar-refractivity contribution in [2.24, 2.45) is 0 Å². The molecule has 0 saturated carbocycles. The Morgan fingerprint density at radius 1 is 0.911 bits per heavy atom. The zero-order valence-corrected chi connectivity index (χ0v) is 27.5. The van der Waals surface area contributed by atoms with Crippen LogP contribution in [0.3, 0.4) is 0 Å². The van der Waals surface area contributed by atoms with Crippen LogP contribution in [0.15, 0.2) is 94.6 Å². The molecule has 3 aromatic carbocycles. The monoisotopic (exact) mass is 628 g/mol. The van der Waals surface area contributed by atoms with Crippen LogP contribution in [0.4, 0.5) is 0 Å². The van der Waals surface area contributed by atoms with E-state index in [1.54, 1.807) is 27.3 Å². The van der Waals surface area contributed by atoms with Gasteiger partial charge in [-0.25, -0.2) is 4.79 Å². The summed E-state index contributed by atoms with van der Waals surface area (Å²) in [7, 11) is 1.08. The molecule has 4 atom stereocenters. The van der Waals surface area contributed by atoms with Crippen molar-refractivity contribution in [1.82, 2.24) is 9.55 Å². The van der Waals surface area contributed by atoms with Crippen LogP contribution in [0, 0.1) is 6.92 Å². The summed E-state index contributed by atoms with van der Waals surface area (Å²) in [6.07, 6.45) is 1.09. The van der Waals surface area contributed by atoms with Gasteiger partial charge in [0.2, 0.25) is 0 Å². The van der Waals surface area contributed by atoms with Crippen molar-refractivity contribution >= 4 is 8.32 Å². The number of nitrogens with zero attached hydrogens (tertiary/aromatic N) is 1. The minimum atomic E-state index is -2.22. The van der Waals surface area contributed by atoms with Crippen LogP contribution < -0.4 is 20.7 Å². The molecule has 2 saturated heterocycles. The normalized spacial score (nSPS) is 23.9. The Kier molecular flexibility index (Phi) is 8.11. The van der Waals surface area contributed by atoms with E-state index in [-0.39, 0.29) is 18.3 Å². The minimum absolute atomic E-state index is 0.0276. The molecule has 0 bridgehead atoms. The van der Waals surface area contributed by atoms with Crippen molar-refractivity contribution in [2.45, 2.75) is 62.4 Å². The number of hydrogen-bond acceptors (Lipinski definition) is 7. The molecule has 0 aliphatic carbocycles. The first-order valence-electron chi connectivity index (χ1n) is 15.2. The number of hydrogen-bond donors (Lipinski definition) is 1. The van der Waals surface area contributed by atoms with Gasteiger partial charge in [-0.05, 0) is 61.0 Å². The fraction of sp³-hybridized carbons (Fsp3) is 0.371. The summed E-state index contributed by atoms with van der Waals surface area (Å²) in [5.74, 6) is 1.48. The Morgan fingerprint density at radius 3 is 2.02 bits per heavy atom. The molecule has 2 aliphatic rings. The number of methoxy groups -OCH3 is 2.